The second-order valence-electron chi connectivity index (χ2n) is 4.70. The van der Waals surface area contributed by atoms with Crippen LogP contribution in [0.25, 0.3) is 11.4 Å². The van der Waals surface area contributed by atoms with Crippen molar-refractivity contribution in [1.82, 2.24) is 15.3 Å². The van der Waals surface area contributed by atoms with E-state index in [1.54, 1.807) is 0 Å². The van der Waals surface area contributed by atoms with Gasteiger partial charge in [0.25, 0.3) is 5.91 Å². The molecule has 22 heavy (non-hydrogen) atoms. The molecule has 116 valence electrons. The van der Waals surface area contributed by atoms with Crippen molar-refractivity contribution >= 4 is 11.7 Å². The number of carbonyl (C=O) groups excluding carboxylic acids is 1. The molecule has 0 saturated carbocycles. The van der Waals surface area contributed by atoms with Crippen LogP contribution < -0.4 is 15.8 Å². The Balaban J connectivity index is 2.34. The van der Waals surface area contributed by atoms with Gasteiger partial charge in [-0.15, -0.1) is 0 Å². The fourth-order valence-corrected chi connectivity index (χ4v) is 1.94. The lowest BCUT2D eigenvalue weighted by atomic mass is 10.1. The molecule has 1 heterocycles. The highest BCUT2D eigenvalue weighted by Crippen LogP contribution is 2.28. The molecule has 3 N–H and O–H groups in total. The van der Waals surface area contributed by atoms with Gasteiger partial charge in [0.1, 0.15) is 11.6 Å². The van der Waals surface area contributed by atoms with Crippen molar-refractivity contribution in [3.63, 3.8) is 0 Å². The van der Waals surface area contributed by atoms with Crippen molar-refractivity contribution in [1.29, 1.82) is 0 Å². The number of nitrogens with one attached hydrogen (secondary N) is 1. The smallest absolute Gasteiger partial charge is 0.256 e. The van der Waals surface area contributed by atoms with Gasteiger partial charge in [0, 0.05) is 12.7 Å². The quantitative estimate of drug-likeness (QED) is 0.854. The average molecular weight is 300 g/mol. The largest absolute Gasteiger partial charge is 0.493 e. The van der Waals surface area contributed by atoms with Crippen LogP contribution in [0, 0.1) is 0 Å². The number of nitrogens with zero attached hydrogens (tertiary/aromatic N) is 2. The third-order valence-electron chi connectivity index (χ3n) is 2.99. The van der Waals surface area contributed by atoms with Crippen molar-refractivity contribution in [2.75, 3.05) is 18.9 Å². The number of rotatable bonds is 6. The molecular formula is C16H20N4O2. The number of ether oxygens (including phenoxy) is 1. The first kappa shape index (κ1) is 15.8. The molecule has 0 radical (unpaired) electrons. The van der Waals surface area contributed by atoms with Gasteiger partial charge in [-0.05, 0) is 25.5 Å². The molecular weight excluding hydrogens is 280 g/mol. The van der Waals surface area contributed by atoms with Gasteiger partial charge >= 0.3 is 0 Å². The number of benzene rings is 1. The predicted molar refractivity (Wildman–Crippen MR) is 85.7 cm³/mol. The third-order valence-corrected chi connectivity index (χ3v) is 2.99. The van der Waals surface area contributed by atoms with Gasteiger partial charge < -0.3 is 15.8 Å². The van der Waals surface area contributed by atoms with Crippen molar-refractivity contribution in [2.24, 2.45) is 0 Å². The molecule has 1 amide bonds. The molecule has 0 bridgehead atoms. The zero-order chi connectivity index (χ0) is 15.9. The highest BCUT2D eigenvalue weighted by Gasteiger charge is 2.14. The van der Waals surface area contributed by atoms with Crippen molar-refractivity contribution in [3.8, 4) is 17.1 Å². The minimum Gasteiger partial charge on any atom is -0.493 e. The van der Waals surface area contributed by atoms with Crippen LogP contribution in [0.4, 0.5) is 5.82 Å². The van der Waals surface area contributed by atoms with E-state index in [4.69, 9.17) is 10.5 Å². The topological polar surface area (TPSA) is 90.1 Å². The average Bonchev–Trinajstić information content (AvgIpc) is 2.53. The molecule has 0 saturated heterocycles. The van der Waals surface area contributed by atoms with Crippen LogP contribution in [0.15, 0.2) is 30.5 Å². The maximum absolute atomic E-state index is 11.8. The Morgan fingerprint density at radius 1 is 1.32 bits per heavy atom. The number of aromatic nitrogens is 2. The summed E-state index contributed by atoms with van der Waals surface area (Å²) in [6.45, 7) is 5.01. The molecule has 1 aromatic carbocycles. The van der Waals surface area contributed by atoms with E-state index in [1.807, 2.05) is 38.1 Å². The standard InChI is InChI=1S/C16H20N4O2/c1-3-9-22-13-8-6-5-7-11(13)15-19-10-12(14(17)20-15)16(21)18-4-2/h5-8,10H,3-4,9H2,1-2H3,(H,18,21)(H2,17,19,20). The van der Waals surface area contributed by atoms with Gasteiger partial charge in [0.2, 0.25) is 0 Å². The molecule has 0 fully saturated rings. The van der Waals surface area contributed by atoms with Crippen LogP contribution in [-0.4, -0.2) is 29.0 Å². The van der Waals surface area contributed by atoms with E-state index in [-0.39, 0.29) is 17.3 Å². The summed E-state index contributed by atoms with van der Waals surface area (Å²) in [4.78, 5) is 20.3. The molecule has 1 aromatic heterocycles. The van der Waals surface area contributed by atoms with Crippen LogP contribution in [0.1, 0.15) is 30.6 Å². The molecule has 0 aliphatic heterocycles. The minimum atomic E-state index is -0.276. The Labute approximate surface area is 129 Å². The summed E-state index contributed by atoms with van der Waals surface area (Å²) in [5.74, 6) is 1.02. The Kier molecular flexibility index (Phi) is 5.30. The summed E-state index contributed by atoms with van der Waals surface area (Å²) in [5, 5.41) is 2.68. The molecule has 6 heteroatoms. The van der Waals surface area contributed by atoms with E-state index in [2.05, 4.69) is 15.3 Å². The Hall–Kier alpha value is -2.63. The number of carbonyl (C=O) groups is 1. The molecule has 2 rings (SSSR count). The molecule has 6 nitrogen and oxygen atoms in total. The summed E-state index contributed by atoms with van der Waals surface area (Å²) < 4.78 is 5.70. The number of nitrogen functional groups attached to an aromatic ring is 1. The van der Waals surface area contributed by atoms with Crippen molar-refractivity contribution in [3.05, 3.63) is 36.0 Å². The van der Waals surface area contributed by atoms with Gasteiger partial charge in [-0.25, -0.2) is 9.97 Å². The number of nitrogens with two attached hydrogens (primary N) is 1. The van der Waals surface area contributed by atoms with Crippen molar-refractivity contribution in [2.45, 2.75) is 20.3 Å². The first-order valence-corrected chi connectivity index (χ1v) is 7.30. The van der Waals surface area contributed by atoms with E-state index < -0.39 is 0 Å². The van der Waals surface area contributed by atoms with E-state index >= 15 is 0 Å². The SMILES string of the molecule is CCCOc1ccccc1-c1ncc(C(=O)NCC)c(N)n1. The van der Waals surface area contributed by atoms with Gasteiger partial charge in [0.15, 0.2) is 5.82 Å². The number of hydrogen-bond acceptors (Lipinski definition) is 5. The molecule has 2 aromatic rings. The highest BCUT2D eigenvalue weighted by atomic mass is 16.5. The van der Waals surface area contributed by atoms with Gasteiger partial charge in [-0.3, -0.25) is 4.79 Å². The number of amides is 1. The minimum absolute atomic E-state index is 0.154. The summed E-state index contributed by atoms with van der Waals surface area (Å²) >= 11 is 0. The molecule has 0 aliphatic carbocycles. The normalized spacial score (nSPS) is 10.3. The lowest BCUT2D eigenvalue weighted by Crippen LogP contribution is -2.24. The van der Waals surface area contributed by atoms with Gasteiger partial charge in [-0.1, -0.05) is 19.1 Å². The van der Waals surface area contributed by atoms with Crippen LogP contribution in [0.3, 0.4) is 0 Å². The molecule has 0 atom stereocenters. The zero-order valence-electron chi connectivity index (χ0n) is 12.8. The number of anilines is 1. The lowest BCUT2D eigenvalue weighted by Gasteiger charge is -2.11. The van der Waals surface area contributed by atoms with Crippen LogP contribution in [0.2, 0.25) is 0 Å². The van der Waals surface area contributed by atoms with Crippen molar-refractivity contribution < 1.29 is 9.53 Å². The first-order valence-electron chi connectivity index (χ1n) is 7.30. The maximum Gasteiger partial charge on any atom is 0.256 e. The van der Waals surface area contributed by atoms with Crippen LogP contribution >= 0.6 is 0 Å². The van der Waals surface area contributed by atoms with E-state index in [1.165, 1.54) is 6.20 Å². The molecule has 0 aliphatic rings. The lowest BCUT2D eigenvalue weighted by molar-refractivity contribution is 0.0956. The maximum atomic E-state index is 11.8. The Morgan fingerprint density at radius 2 is 2.09 bits per heavy atom. The summed E-state index contributed by atoms with van der Waals surface area (Å²) in [6, 6.07) is 7.50. The van der Waals surface area contributed by atoms with Gasteiger partial charge in [0.05, 0.1) is 17.7 Å². The van der Waals surface area contributed by atoms with Crippen LogP contribution in [0.5, 0.6) is 5.75 Å². The Bertz CT molecular complexity index is 658. The van der Waals surface area contributed by atoms with Crippen LogP contribution in [-0.2, 0) is 0 Å². The fourth-order valence-electron chi connectivity index (χ4n) is 1.94. The van der Waals surface area contributed by atoms with Gasteiger partial charge in [-0.2, -0.15) is 0 Å². The zero-order valence-corrected chi connectivity index (χ0v) is 12.8. The second kappa shape index (κ2) is 7.40. The second-order valence-corrected chi connectivity index (χ2v) is 4.70. The van der Waals surface area contributed by atoms with E-state index in [0.29, 0.717) is 24.7 Å². The first-order chi connectivity index (χ1) is 10.7. The molecule has 0 unspecified atom stereocenters. The van der Waals surface area contributed by atoms with E-state index in [0.717, 1.165) is 12.0 Å². The highest BCUT2D eigenvalue weighted by molar-refractivity contribution is 5.98. The van der Waals surface area contributed by atoms with E-state index in [9.17, 15) is 4.79 Å². The Morgan fingerprint density at radius 3 is 2.77 bits per heavy atom. The predicted octanol–water partition coefficient (Wildman–Crippen LogP) is 2.26. The molecule has 0 spiro atoms. The monoisotopic (exact) mass is 300 g/mol. The summed E-state index contributed by atoms with van der Waals surface area (Å²) in [7, 11) is 0. The summed E-state index contributed by atoms with van der Waals surface area (Å²) in [6.07, 6.45) is 2.35. The number of para-hydroxylation sites is 1. The summed E-state index contributed by atoms with van der Waals surface area (Å²) in [5.41, 5.74) is 6.92. The number of hydrogen-bond donors (Lipinski definition) is 2. The fraction of sp³-hybridized carbons (Fsp3) is 0.312. The third kappa shape index (κ3) is 3.52.